The first-order valence-electron chi connectivity index (χ1n) is 11.3. The molecule has 1 unspecified atom stereocenters. The van der Waals surface area contributed by atoms with E-state index in [2.05, 4.69) is 35.9 Å². The number of ether oxygens (including phenoxy) is 1. The van der Waals surface area contributed by atoms with Gasteiger partial charge >= 0.3 is 12.0 Å². The highest BCUT2D eigenvalue weighted by molar-refractivity contribution is 5.87. The number of aromatic nitrogens is 4. The molecule has 0 radical (unpaired) electrons. The van der Waals surface area contributed by atoms with Crippen LogP contribution in [0.25, 0.3) is 16.8 Å². The Morgan fingerprint density at radius 1 is 1.26 bits per heavy atom. The lowest BCUT2D eigenvalue weighted by Crippen LogP contribution is -2.56. The molecule has 34 heavy (non-hydrogen) atoms. The molecule has 11 heteroatoms. The third kappa shape index (κ3) is 5.42. The van der Waals surface area contributed by atoms with E-state index in [4.69, 9.17) is 4.74 Å². The van der Waals surface area contributed by atoms with Gasteiger partial charge in [-0.2, -0.15) is 9.50 Å². The fourth-order valence-electron chi connectivity index (χ4n) is 3.74. The Morgan fingerprint density at radius 2 is 2.09 bits per heavy atom. The van der Waals surface area contributed by atoms with Crippen molar-refractivity contribution in [1.29, 1.82) is 0 Å². The van der Waals surface area contributed by atoms with Gasteiger partial charge in [-0.3, -0.25) is 15.1 Å². The summed E-state index contributed by atoms with van der Waals surface area (Å²) in [7, 11) is 0. The van der Waals surface area contributed by atoms with Crippen molar-refractivity contribution in [1.82, 2.24) is 30.2 Å². The molecule has 2 amide bonds. The fraction of sp³-hybridized carbons (Fsp3) is 0.435. The Labute approximate surface area is 197 Å². The zero-order chi connectivity index (χ0) is 24.3. The van der Waals surface area contributed by atoms with Gasteiger partial charge in [0.2, 0.25) is 0 Å². The second-order valence-electron chi connectivity index (χ2n) is 9.02. The molecule has 1 saturated heterocycles. The highest BCUT2D eigenvalue weighted by Gasteiger charge is 2.31. The van der Waals surface area contributed by atoms with Crippen molar-refractivity contribution in [2.45, 2.75) is 39.3 Å². The molecular weight excluding hydrogens is 436 g/mol. The number of pyridine rings is 2. The number of fused-ring (bicyclic) bond motifs is 1. The van der Waals surface area contributed by atoms with Crippen LogP contribution in [0.4, 0.5) is 16.6 Å². The Balaban J connectivity index is 1.71. The molecule has 180 valence electrons. The fourth-order valence-corrected chi connectivity index (χ4v) is 3.74. The zero-order valence-electron chi connectivity index (χ0n) is 19.8. The Kier molecular flexibility index (Phi) is 6.64. The largest absolute Gasteiger partial charge is 0.459 e. The number of esters is 1. The monoisotopic (exact) mass is 466 g/mol. The van der Waals surface area contributed by atoms with Crippen LogP contribution in [0.2, 0.25) is 0 Å². The molecule has 0 aromatic carbocycles. The molecule has 4 heterocycles. The molecule has 3 N–H and O–H groups in total. The van der Waals surface area contributed by atoms with Crippen molar-refractivity contribution < 1.29 is 14.3 Å². The summed E-state index contributed by atoms with van der Waals surface area (Å²) in [4.78, 5) is 35.5. The maximum absolute atomic E-state index is 12.7. The molecule has 1 aliphatic heterocycles. The molecule has 1 fully saturated rings. The highest BCUT2D eigenvalue weighted by Crippen LogP contribution is 2.28. The van der Waals surface area contributed by atoms with Crippen LogP contribution in [-0.4, -0.2) is 69.4 Å². The van der Waals surface area contributed by atoms with E-state index in [0.29, 0.717) is 31.8 Å². The van der Waals surface area contributed by atoms with Gasteiger partial charge in [-0.15, -0.1) is 5.10 Å². The average molecular weight is 467 g/mol. The minimum absolute atomic E-state index is 0.189. The van der Waals surface area contributed by atoms with Crippen molar-refractivity contribution in [3.8, 4) is 11.1 Å². The summed E-state index contributed by atoms with van der Waals surface area (Å²) in [5.41, 5.74) is 1.82. The molecule has 11 nitrogen and oxygen atoms in total. The second-order valence-corrected chi connectivity index (χ2v) is 9.02. The van der Waals surface area contributed by atoms with Crippen molar-refractivity contribution in [3.05, 3.63) is 36.7 Å². The lowest BCUT2D eigenvalue weighted by atomic mass is 10.1. The van der Waals surface area contributed by atoms with E-state index in [-0.39, 0.29) is 17.9 Å². The normalized spacial score (nSPS) is 16.4. The van der Waals surface area contributed by atoms with Crippen LogP contribution < -0.4 is 20.9 Å². The number of amides is 2. The third-order valence-corrected chi connectivity index (χ3v) is 5.17. The predicted molar refractivity (Wildman–Crippen MR) is 129 cm³/mol. The minimum atomic E-state index is -0.569. The van der Waals surface area contributed by atoms with Crippen molar-refractivity contribution >= 4 is 29.4 Å². The number of carbonyl (C=O) groups excluding carboxylic acids is 2. The molecule has 3 aromatic rings. The summed E-state index contributed by atoms with van der Waals surface area (Å²) >= 11 is 0. The number of anilines is 2. The van der Waals surface area contributed by atoms with Crippen LogP contribution in [0.5, 0.6) is 0 Å². The van der Waals surface area contributed by atoms with Crippen LogP contribution in [0.1, 0.15) is 27.7 Å². The van der Waals surface area contributed by atoms with Gasteiger partial charge in [0.15, 0.2) is 5.65 Å². The zero-order valence-corrected chi connectivity index (χ0v) is 19.8. The van der Waals surface area contributed by atoms with Gasteiger partial charge in [-0.05, 0) is 51.5 Å². The van der Waals surface area contributed by atoms with Gasteiger partial charge < -0.3 is 20.3 Å². The van der Waals surface area contributed by atoms with E-state index in [1.54, 1.807) is 16.9 Å². The topological polar surface area (TPSA) is 126 Å². The number of rotatable bonds is 5. The number of nitrogens with zero attached hydrogens (tertiary/aromatic N) is 5. The highest BCUT2D eigenvalue weighted by atomic mass is 16.6. The second kappa shape index (κ2) is 9.64. The lowest BCUT2D eigenvalue weighted by molar-refractivity contribution is -0.157. The standard InChI is InChI=1S/C23H30N8O3/c1-5-25-22(33)28-21-27-18-11-16(15-7-6-8-24-13-15)12-19(31(18)29-21)30-10-9-26-17(14-30)20(32)34-23(2,3)4/h6-8,11-13,17,26H,5,9-10,14H2,1-4H3,(H2,25,28,29,33). The van der Waals surface area contributed by atoms with E-state index in [0.717, 1.165) is 16.9 Å². The van der Waals surface area contributed by atoms with Crippen LogP contribution in [0, 0.1) is 0 Å². The van der Waals surface area contributed by atoms with Crippen molar-refractivity contribution in [2.24, 2.45) is 0 Å². The van der Waals surface area contributed by atoms with E-state index in [9.17, 15) is 9.59 Å². The average Bonchev–Trinajstić information content (AvgIpc) is 3.20. The number of hydrogen-bond acceptors (Lipinski definition) is 8. The number of nitrogens with one attached hydrogen (secondary N) is 3. The number of hydrogen-bond donors (Lipinski definition) is 3. The Hall–Kier alpha value is -3.73. The maximum Gasteiger partial charge on any atom is 0.325 e. The van der Waals surface area contributed by atoms with Crippen LogP contribution in [0.3, 0.4) is 0 Å². The molecule has 4 rings (SSSR count). The van der Waals surface area contributed by atoms with Crippen LogP contribution >= 0.6 is 0 Å². The Morgan fingerprint density at radius 3 is 2.79 bits per heavy atom. The summed E-state index contributed by atoms with van der Waals surface area (Å²) < 4.78 is 7.27. The maximum atomic E-state index is 12.7. The smallest absolute Gasteiger partial charge is 0.325 e. The molecule has 0 spiro atoms. The van der Waals surface area contributed by atoms with Gasteiger partial charge in [0.25, 0.3) is 5.95 Å². The number of urea groups is 1. The SMILES string of the molecule is CCNC(=O)Nc1nc2cc(-c3cccnc3)cc(N3CCNC(C(=O)OC(C)(C)C)C3)n2n1. The van der Waals surface area contributed by atoms with Crippen molar-refractivity contribution in [3.63, 3.8) is 0 Å². The van der Waals surface area contributed by atoms with Gasteiger partial charge in [0, 0.05) is 44.1 Å². The van der Waals surface area contributed by atoms with E-state index in [1.807, 2.05) is 52.0 Å². The number of carbonyl (C=O) groups is 2. The summed E-state index contributed by atoms with van der Waals surface area (Å²) in [5, 5.41) is 13.1. The summed E-state index contributed by atoms with van der Waals surface area (Å²) in [6, 6.07) is 6.86. The molecule has 3 aromatic heterocycles. The molecule has 1 atom stereocenters. The van der Waals surface area contributed by atoms with E-state index < -0.39 is 11.6 Å². The predicted octanol–water partition coefficient (Wildman–Crippen LogP) is 2.05. The third-order valence-electron chi connectivity index (χ3n) is 5.17. The Bertz CT molecular complexity index is 1170. The quantitative estimate of drug-likeness (QED) is 0.488. The van der Waals surface area contributed by atoms with Gasteiger partial charge in [0.05, 0.1) is 0 Å². The molecule has 0 bridgehead atoms. The van der Waals surface area contributed by atoms with E-state index in [1.165, 1.54) is 0 Å². The summed E-state index contributed by atoms with van der Waals surface area (Å²) in [6.07, 6.45) is 3.50. The lowest BCUT2D eigenvalue weighted by Gasteiger charge is -2.35. The van der Waals surface area contributed by atoms with Crippen LogP contribution in [0.15, 0.2) is 36.7 Å². The molecular formula is C23H30N8O3. The van der Waals surface area contributed by atoms with E-state index >= 15 is 0 Å². The van der Waals surface area contributed by atoms with Gasteiger partial charge in [0.1, 0.15) is 17.5 Å². The van der Waals surface area contributed by atoms with Gasteiger partial charge in [-0.25, -0.2) is 4.79 Å². The first kappa shape index (κ1) is 23.4. The van der Waals surface area contributed by atoms with Crippen molar-refractivity contribution in [2.75, 3.05) is 36.4 Å². The van der Waals surface area contributed by atoms with Crippen LogP contribution in [-0.2, 0) is 9.53 Å². The number of piperazine rings is 1. The first-order chi connectivity index (χ1) is 16.2. The first-order valence-corrected chi connectivity index (χ1v) is 11.3. The minimum Gasteiger partial charge on any atom is -0.459 e. The summed E-state index contributed by atoms with van der Waals surface area (Å²) in [5.74, 6) is 0.645. The molecule has 0 aliphatic carbocycles. The molecule has 1 aliphatic rings. The summed E-state index contributed by atoms with van der Waals surface area (Å²) in [6.45, 7) is 9.54. The molecule has 0 saturated carbocycles. The van der Waals surface area contributed by atoms with Gasteiger partial charge in [-0.1, -0.05) is 6.07 Å².